The highest BCUT2D eigenvalue weighted by molar-refractivity contribution is 6.07. The second kappa shape index (κ2) is 10.6. The van der Waals surface area contributed by atoms with Gasteiger partial charge in [0.2, 0.25) is 5.96 Å². The number of rotatable bonds is 5. The summed E-state index contributed by atoms with van der Waals surface area (Å²) in [5.74, 6) is 0.0597. The number of nitrogens with zero attached hydrogens (tertiary/aromatic N) is 3. The van der Waals surface area contributed by atoms with Gasteiger partial charge in [0.1, 0.15) is 11.2 Å². The minimum absolute atomic E-state index is 0.0597. The van der Waals surface area contributed by atoms with Crippen LogP contribution >= 0.6 is 0 Å². The Morgan fingerprint density at radius 1 is 0.933 bits per heavy atom. The lowest BCUT2D eigenvalue weighted by atomic mass is 10.2. The van der Waals surface area contributed by atoms with Gasteiger partial charge in [-0.2, -0.15) is 0 Å². The van der Waals surface area contributed by atoms with Crippen molar-refractivity contribution in [2.75, 3.05) is 18.0 Å². The van der Waals surface area contributed by atoms with E-state index in [0.717, 1.165) is 5.69 Å². The molecule has 7 nitrogen and oxygen atoms in total. The molecule has 0 aliphatic heterocycles. The number of anilines is 1. The van der Waals surface area contributed by atoms with Gasteiger partial charge in [-0.05, 0) is 53.7 Å². The highest BCUT2D eigenvalue weighted by atomic mass is 16.6. The molecule has 1 aromatic carbocycles. The maximum atomic E-state index is 13.0. The van der Waals surface area contributed by atoms with Crippen LogP contribution in [0.2, 0.25) is 0 Å². The van der Waals surface area contributed by atoms with Gasteiger partial charge in [-0.1, -0.05) is 30.4 Å². The molecule has 0 aromatic heterocycles. The summed E-state index contributed by atoms with van der Waals surface area (Å²) >= 11 is 0. The Morgan fingerprint density at radius 3 is 1.93 bits per heavy atom. The zero-order chi connectivity index (χ0) is 22.9. The van der Waals surface area contributed by atoms with Gasteiger partial charge in [0.25, 0.3) is 0 Å². The van der Waals surface area contributed by atoms with Crippen molar-refractivity contribution < 1.29 is 19.1 Å². The van der Waals surface area contributed by atoms with Crippen molar-refractivity contribution in [3.8, 4) is 0 Å². The van der Waals surface area contributed by atoms with Crippen LogP contribution in [-0.2, 0) is 9.47 Å². The third kappa shape index (κ3) is 8.51. The van der Waals surface area contributed by atoms with Crippen LogP contribution in [0.4, 0.5) is 15.3 Å². The molecule has 0 unspecified atom stereocenters. The van der Waals surface area contributed by atoms with Crippen LogP contribution in [0, 0.1) is 0 Å². The van der Waals surface area contributed by atoms with Crippen LogP contribution in [0.15, 0.2) is 60.6 Å². The van der Waals surface area contributed by atoms with E-state index in [1.54, 1.807) is 52.5 Å². The topological polar surface area (TPSA) is 71.4 Å². The molecule has 7 heteroatoms. The van der Waals surface area contributed by atoms with E-state index in [-0.39, 0.29) is 12.5 Å². The van der Waals surface area contributed by atoms with Crippen molar-refractivity contribution in [1.82, 2.24) is 4.90 Å². The van der Waals surface area contributed by atoms with E-state index in [0.29, 0.717) is 6.54 Å². The van der Waals surface area contributed by atoms with Crippen LogP contribution in [0.3, 0.4) is 0 Å². The fourth-order valence-corrected chi connectivity index (χ4v) is 2.36. The van der Waals surface area contributed by atoms with Gasteiger partial charge in [-0.25, -0.2) is 14.5 Å². The second-order valence-corrected chi connectivity index (χ2v) is 8.51. The van der Waals surface area contributed by atoms with Crippen molar-refractivity contribution in [2.45, 2.75) is 52.7 Å². The summed E-state index contributed by atoms with van der Waals surface area (Å²) in [7, 11) is 0. The normalized spacial score (nSPS) is 12.0. The van der Waals surface area contributed by atoms with E-state index >= 15 is 0 Å². The molecule has 0 fully saturated rings. The highest BCUT2D eigenvalue weighted by Gasteiger charge is 2.30. The standard InChI is InChI=1S/C23H33N3O4/c1-9-16-25(18-14-12-11-13-15-18)19(24-20(27)29-22(3,4)5)26(17-10-2)21(28)30-23(6,7)8/h9-15H,1-2,16-17H2,3-8H3/b24-19+. The first-order valence-electron chi connectivity index (χ1n) is 9.74. The molecule has 30 heavy (non-hydrogen) atoms. The summed E-state index contributed by atoms with van der Waals surface area (Å²) in [6, 6.07) is 9.25. The molecular weight excluding hydrogens is 382 g/mol. The molecule has 0 N–H and O–H groups in total. The molecule has 0 aliphatic rings. The van der Waals surface area contributed by atoms with E-state index in [2.05, 4.69) is 18.2 Å². The smallest absolute Gasteiger partial charge is 0.437 e. The molecule has 1 rings (SSSR count). The summed E-state index contributed by atoms with van der Waals surface area (Å²) in [5, 5.41) is 0. The van der Waals surface area contributed by atoms with Crippen molar-refractivity contribution in [3.05, 3.63) is 55.6 Å². The number of carbonyl (C=O) groups is 2. The fourth-order valence-electron chi connectivity index (χ4n) is 2.36. The average molecular weight is 416 g/mol. The Balaban J connectivity index is 3.55. The lowest BCUT2D eigenvalue weighted by Gasteiger charge is -2.33. The van der Waals surface area contributed by atoms with Crippen LogP contribution in [0.5, 0.6) is 0 Å². The molecule has 0 radical (unpaired) electrons. The van der Waals surface area contributed by atoms with Crippen LogP contribution in [-0.4, -0.2) is 47.3 Å². The molecule has 0 heterocycles. The maximum absolute atomic E-state index is 13.0. The van der Waals surface area contributed by atoms with Gasteiger partial charge >= 0.3 is 12.2 Å². The first kappa shape index (κ1) is 24.9. The first-order valence-corrected chi connectivity index (χ1v) is 9.74. The molecule has 164 valence electrons. The molecule has 0 spiro atoms. The SMILES string of the molecule is C=CCN(C(=O)OC(C)(C)C)/C(=N/C(=O)OC(C)(C)C)N(CC=C)c1ccccc1. The Labute approximate surface area is 179 Å². The largest absolute Gasteiger partial charge is 0.443 e. The fraction of sp³-hybridized carbons (Fsp3) is 0.435. The minimum atomic E-state index is -0.819. The minimum Gasteiger partial charge on any atom is -0.443 e. The second-order valence-electron chi connectivity index (χ2n) is 8.51. The molecule has 0 saturated carbocycles. The van der Waals surface area contributed by atoms with Crippen molar-refractivity contribution in [2.24, 2.45) is 4.99 Å². The molecular formula is C23H33N3O4. The van der Waals surface area contributed by atoms with E-state index < -0.39 is 23.4 Å². The van der Waals surface area contributed by atoms with Crippen LogP contribution in [0.1, 0.15) is 41.5 Å². The van der Waals surface area contributed by atoms with Crippen molar-refractivity contribution in [1.29, 1.82) is 0 Å². The Kier molecular flexibility index (Phi) is 8.83. The third-order valence-electron chi connectivity index (χ3n) is 3.37. The maximum Gasteiger partial charge on any atom is 0.437 e. The molecule has 0 bridgehead atoms. The van der Waals surface area contributed by atoms with E-state index in [4.69, 9.17) is 9.47 Å². The summed E-state index contributed by atoms with van der Waals surface area (Å²) in [5.41, 5.74) is -0.752. The molecule has 0 atom stereocenters. The van der Waals surface area contributed by atoms with Gasteiger partial charge in [0.15, 0.2) is 0 Å². The summed E-state index contributed by atoms with van der Waals surface area (Å²) in [4.78, 5) is 32.6. The number of guanidine groups is 1. The predicted octanol–water partition coefficient (Wildman–Crippen LogP) is 5.39. The van der Waals surface area contributed by atoms with Gasteiger partial charge in [-0.3, -0.25) is 0 Å². The number of carbonyl (C=O) groups excluding carboxylic acids is 2. The zero-order valence-electron chi connectivity index (χ0n) is 18.8. The van der Waals surface area contributed by atoms with Gasteiger partial charge < -0.3 is 14.4 Å². The molecule has 1 aromatic rings. The number of para-hydroxylation sites is 1. The zero-order valence-corrected chi connectivity index (χ0v) is 18.8. The number of amides is 2. The Bertz CT molecular complexity index is 774. The monoisotopic (exact) mass is 415 g/mol. The molecule has 0 saturated heterocycles. The van der Waals surface area contributed by atoms with Crippen molar-refractivity contribution in [3.63, 3.8) is 0 Å². The van der Waals surface area contributed by atoms with Gasteiger partial charge in [-0.15, -0.1) is 18.2 Å². The van der Waals surface area contributed by atoms with Crippen LogP contribution < -0.4 is 4.90 Å². The van der Waals surface area contributed by atoms with Gasteiger partial charge in [0.05, 0.1) is 0 Å². The summed E-state index contributed by atoms with van der Waals surface area (Å²) in [6.07, 6.45) is 1.71. The van der Waals surface area contributed by atoms with Gasteiger partial charge in [0, 0.05) is 18.8 Å². The number of aliphatic imine (C=N–C) groups is 1. The lowest BCUT2D eigenvalue weighted by Crippen LogP contribution is -2.50. The van der Waals surface area contributed by atoms with Crippen molar-refractivity contribution >= 4 is 23.8 Å². The predicted molar refractivity (Wildman–Crippen MR) is 121 cm³/mol. The Morgan fingerprint density at radius 2 is 1.47 bits per heavy atom. The summed E-state index contributed by atoms with van der Waals surface area (Å²) < 4.78 is 10.9. The Hall–Kier alpha value is -3.09. The number of hydrogen-bond donors (Lipinski definition) is 0. The van der Waals surface area contributed by atoms with E-state index in [9.17, 15) is 9.59 Å². The van der Waals surface area contributed by atoms with Crippen LogP contribution in [0.25, 0.3) is 0 Å². The van der Waals surface area contributed by atoms with E-state index in [1.165, 1.54) is 11.0 Å². The quantitative estimate of drug-likeness (QED) is 0.366. The molecule has 2 amide bonds. The highest BCUT2D eigenvalue weighted by Crippen LogP contribution is 2.19. The average Bonchev–Trinajstić information content (AvgIpc) is 2.60. The third-order valence-corrected chi connectivity index (χ3v) is 3.37. The lowest BCUT2D eigenvalue weighted by molar-refractivity contribution is 0.0380. The number of benzene rings is 1. The number of hydrogen-bond acceptors (Lipinski definition) is 4. The molecule has 0 aliphatic carbocycles. The summed E-state index contributed by atoms with van der Waals surface area (Å²) in [6.45, 7) is 18.4. The number of ether oxygens (including phenoxy) is 2. The van der Waals surface area contributed by atoms with E-state index in [1.807, 2.05) is 30.3 Å². The first-order chi connectivity index (χ1) is 13.9.